The first-order valence-corrected chi connectivity index (χ1v) is 10.4. The molecule has 2 atom stereocenters. The lowest BCUT2D eigenvalue weighted by molar-refractivity contribution is -0.00560. The van der Waals surface area contributed by atoms with Crippen LogP contribution >= 0.6 is 0 Å². The summed E-state index contributed by atoms with van der Waals surface area (Å²) in [4.78, 5) is 26.8. The predicted octanol–water partition coefficient (Wildman–Crippen LogP) is 2.33. The lowest BCUT2D eigenvalue weighted by Gasteiger charge is -2.38. The van der Waals surface area contributed by atoms with Crippen LogP contribution in [0, 0.1) is 6.92 Å². The van der Waals surface area contributed by atoms with Crippen LogP contribution in [0.2, 0.25) is 0 Å². The molecule has 1 saturated heterocycles. The zero-order chi connectivity index (χ0) is 20.8. The molecule has 0 spiro atoms. The van der Waals surface area contributed by atoms with Crippen molar-refractivity contribution >= 4 is 11.7 Å². The van der Waals surface area contributed by atoms with E-state index in [4.69, 9.17) is 19.2 Å². The number of fused-ring (bicyclic) bond motifs is 2. The molecule has 8 nitrogen and oxygen atoms in total. The number of benzene rings is 1. The Labute approximate surface area is 175 Å². The molecule has 1 aromatic heterocycles. The highest BCUT2D eigenvalue weighted by Gasteiger charge is 2.31. The number of carbonyl (C=O) groups excluding carboxylic acids is 1. The summed E-state index contributed by atoms with van der Waals surface area (Å²) in [6.45, 7) is 8.98. The van der Waals surface area contributed by atoms with Crippen LogP contribution in [0.4, 0.5) is 5.82 Å². The number of hydrogen-bond donors (Lipinski definition) is 0. The Hall–Kier alpha value is -2.87. The fourth-order valence-corrected chi connectivity index (χ4v) is 4.52. The minimum atomic E-state index is -0.0193. The van der Waals surface area contributed by atoms with E-state index >= 15 is 0 Å². The van der Waals surface area contributed by atoms with E-state index < -0.39 is 0 Å². The zero-order valence-electron chi connectivity index (χ0n) is 17.6. The molecule has 3 aliphatic heterocycles. The van der Waals surface area contributed by atoms with Gasteiger partial charge in [-0.15, -0.1) is 0 Å². The van der Waals surface area contributed by atoms with Gasteiger partial charge in [-0.05, 0) is 39.0 Å². The van der Waals surface area contributed by atoms with Crippen LogP contribution in [0.5, 0.6) is 11.5 Å². The third-order valence-corrected chi connectivity index (χ3v) is 5.78. The van der Waals surface area contributed by atoms with E-state index in [1.165, 1.54) is 0 Å². The van der Waals surface area contributed by atoms with Gasteiger partial charge in [0.25, 0.3) is 5.91 Å². The van der Waals surface area contributed by atoms with Gasteiger partial charge < -0.3 is 24.0 Å². The van der Waals surface area contributed by atoms with Crippen molar-refractivity contribution < 1.29 is 19.0 Å². The van der Waals surface area contributed by atoms with Gasteiger partial charge in [0.15, 0.2) is 11.5 Å². The van der Waals surface area contributed by atoms with Crippen LogP contribution < -0.4 is 14.4 Å². The first kappa shape index (κ1) is 19.1. The number of nitrogens with zero attached hydrogens (tertiary/aromatic N) is 4. The molecule has 1 amide bonds. The van der Waals surface area contributed by atoms with Crippen LogP contribution in [0.15, 0.2) is 18.2 Å². The second kappa shape index (κ2) is 7.43. The van der Waals surface area contributed by atoms with Crippen molar-refractivity contribution in [3.8, 4) is 11.5 Å². The summed E-state index contributed by atoms with van der Waals surface area (Å²) in [6.07, 6.45) is 0.988. The SMILES string of the molecule is Cc1nc2c(c(N3CC(C)OC(C)C3)n1)CN(C(=O)c1ccc3c(c1)OCO3)CC2. The molecule has 5 rings (SSSR count). The number of ether oxygens (including phenoxy) is 3. The molecular formula is C22H26N4O4. The highest BCUT2D eigenvalue weighted by molar-refractivity contribution is 5.95. The van der Waals surface area contributed by atoms with Gasteiger partial charge in [0.2, 0.25) is 6.79 Å². The zero-order valence-corrected chi connectivity index (χ0v) is 17.6. The van der Waals surface area contributed by atoms with Crippen LogP contribution in [-0.2, 0) is 17.7 Å². The number of amides is 1. The largest absolute Gasteiger partial charge is 0.454 e. The van der Waals surface area contributed by atoms with E-state index in [-0.39, 0.29) is 24.9 Å². The van der Waals surface area contributed by atoms with E-state index in [0.29, 0.717) is 30.2 Å². The Morgan fingerprint density at radius 2 is 1.87 bits per heavy atom. The first-order valence-electron chi connectivity index (χ1n) is 10.4. The Morgan fingerprint density at radius 3 is 2.67 bits per heavy atom. The van der Waals surface area contributed by atoms with Crippen molar-refractivity contribution in [3.05, 3.63) is 40.8 Å². The molecule has 0 radical (unpaired) electrons. The lowest BCUT2D eigenvalue weighted by Crippen LogP contribution is -2.47. The maximum absolute atomic E-state index is 13.2. The molecule has 30 heavy (non-hydrogen) atoms. The molecule has 2 unspecified atom stereocenters. The average Bonchev–Trinajstić information content (AvgIpc) is 3.19. The molecule has 4 heterocycles. The number of aromatic nitrogens is 2. The van der Waals surface area contributed by atoms with Crippen LogP contribution in [0.1, 0.15) is 41.3 Å². The molecular weight excluding hydrogens is 384 g/mol. The summed E-state index contributed by atoms with van der Waals surface area (Å²) in [6, 6.07) is 5.35. The van der Waals surface area contributed by atoms with Crippen molar-refractivity contribution in [1.82, 2.24) is 14.9 Å². The number of morpholine rings is 1. The normalized spacial score (nSPS) is 22.8. The number of anilines is 1. The fourth-order valence-electron chi connectivity index (χ4n) is 4.52. The molecule has 0 saturated carbocycles. The summed E-state index contributed by atoms with van der Waals surface area (Å²) in [5, 5.41) is 0. The van der Waals surface area contributed by atoms with Crippen molar-refractivity contribution in [2.45, 2.75) is 45.9 Å². The van der Waals surface area contributed by atoms with Gasteiger partial charge in [0.05, 0.1) is 24.4 Å². The number of aryl methyl sites for hydroxylation is 1. The quantitative estimate of drug-likeness (QED) is 0.752. The first-order chi connectivity index (χ1) is 14.5. The van der Waals surface area contributed by atoms with Gasteiger partial charge in [-0.3, -0.25) is 4.79 Å². The summed E-state index contributed by atoms with van der Waals surface area (Å²) >= 11 is 0. The summed E-state index contributed by atoms with van der Waals surface area (Å²) in [7, 11) is 0. The van der Waals surface area contributed by atoms with Gasteiger partial charge in [0, 0.05) is 37.2 Å². The monoisotopic (exact) mass is 410 g/mol. The standard InChI is InChI=1S/C22H26N4O4/c1-13-9-26(10-14(2)30-13)21-17-11-25(7-6-18(17)23-15(3)24-21)22(27)16-4-5-19-20(8-16)29-12-28-19/h4-5,8,13-14H,6-7,9-12H2,1-3H3. The smallest absolute Gasteiger partial charge is 0.254 e. The van der Waals surface area contributed by atoms with E-state index in [0.717, 1.165) is 42.4 Å². The minimum absolute atomic E-state index is 0.0193. The molecule has 0 N–H and O–H groups in total. The van der Waals surface area contributed by atoms with Crippen LogP contribution in [0.3, 0.4) is 0 Å². The van der Waals surface area contributed by atoms with Crippen molar-refractivity contribution in [2.24, 2.45) is 0 Å². The van der Waals surface area contributed by atoms with Crippen molar-refractivity contribution in [2.75, 3.05) is 31.3 Å². The van der Waals surface area contributed by atoms with Gasteiger partial charge in [-0.2, -0.15) is 0 Å². The third kappa shape index (κ3) is 3.45. The molecule has 2 aromatic rings. The molecule has 1 aromatic carbocycles. The predicted molar refractivity (Wildman–Crippen MR) is 110 cm³/mol. The van der Waals surface area contributed by atoms with E-state index in [1.54, 1.807) is 18.2 Å². The third-order valence-electron chi connectivity index (χ3n) is 5.78. The number of carbonyl (C=O) groups is 1. The van der Waals surface area contributed by atoms with Crippen LogP contribution in [0.25, 0.3) is 0 Å². The summed E-state index contributed by atoms with van der Waals surface area (Å²) < 4.78 is 16.7. The van der Waals surface area contributed by atoms with Gasteiger partial charge in [-0.25, -0.2) is 9.97 Å². The van der Waals surface area contributed by atoms with E-state index in [9.17, 15) is 4.79 Å². The maximum atomic E-state index is 13.2. The summed E-state index contributed by atoms with van der Waals surface area (Å²) in [5.74, 6) is 2.98. The molecule has 3 aliphatic rings. The topological polar surface area (TPSA) is 77.0 Å². The Morgan fingerprint density at radius 1 is 1.10 bits per heavy atom. The Bertz CT molecular complexity index is 985. The van der Waals surface area contributed by atoms with Crippen molar-refractivity contribution in [1.29, 1.82) is 0 Å². The minimum Gasteiger partial charge on any atom is -0.454 e. The van der Waals surface area contributed by atoms with Gasteiger partial charge >= 0.3 is 0 Å². The van der Waals surface area contributed by atoms with Crippen molar-refractivity contribution in [3.63, 3.8) is 0 Å². The average molecular weight is 410 g/mol. The Balaban J connectivity index is 1.43. The highest BCUT2D eigenvalue weighted by Crippen LogP contribution is 2.34. The molecule has 0 bridgehead atoms. The van der Waals surface area contributed by atoms with Crippen LogP contribution in [-0.4, -0.2) is 59.4 Å². The second-order valence-electron chi connectivity index (χ2n) is 8.23. The molecule has 0 aliphatic carbocycles. The molecule has 1 fully saturated rings. The Kier molecular flexibility index (Phi) is 4.73. The van der Waals surface area contributed by atoms with Gasteiger partial charge in [0.1, 0.15) is 11.6 Å². The van der Waals surface area contributed by atoms with Gasteiger partial charge in [-0.1, -0.05) is 0 Å². The number of rotatable bonds is 2. The fraction of sp³-hybridized carbons (Fsp3) is 0.500. The van der Waals surface area contributed by atoms with E-state index in [1.807, 2.05) is 11.8 Å². The second-order valence-corrected chi connectivity index (χ2v) is 8.23. The molecule has 158 valence electrons. The van der Waals surface area contributed by atoms with E-state index in [2.05, 4.69) is 23.7 Å². The lowest BCUT2D eigenvalue weighted by atomic mass is 10.0. The summed E-state index contributed by atoms with van der Waals surface area (Å²) in [5.41, 5.74) is 2.69. The highest BCUT2D eigenvalue weighted by atomic mass is 16.7. The molecule has 8 heteroatoms. The number of hydrogen-bond acceptors (Lipinski definition) is 7. The maximum Gasteiger partial charge on any atom is 0.254 e.